The average molecular weight is 344 g/mol. The molecule has 1 aromatic heterocycles. The number of piperidine rings is 1. The van der Waals surface area contributed by atoms with Gasteiger partial charge >= 0.3 is 0 Å². The number of thiophene rings is 1. The number of benzene rings is 1. The Bertz CT molecular complexity index is 707. The van der Waals surface area contributed by atoms with Gasteiger partial charge in [0.15, 0.2) is 0 Å². The van der Waals surface area contributed by atoms with Crippen molar-refractivity contribution in [2.75, 3.05) is 20.2 Å². The van der Waals surface area contributed by atoms with Gasteiger partial charge in [0.25, 0.3) is 11.8 Å². The van der Waals surface area contributed by atoms with E-state index in [9.17, 15) is 9.59 Å². The number of likely N-dealkylation sites (tertiary alicyclic amines) is 1. The minimum Gasteiger partial charge on any atom is -0.497 e. The van der Waals surface area contributed by atoms with E-state index >= 15 is 0 Å². The molecule has 2 heterocycles. The van der Waals surface area contributed by atoms with Crippen LogP contribution in [-0.4, -0.2) is 43.0 Å². The molecule has 24 heavy (non-hydrogen) atoms. The molecule has 0 radical (unpaired) electrons. The highest BCUT2D eigenvalue weighted by molar-refractivity contribution is 7.12. The lowest BCUT2D eigenvalue weighted by molar-refractivity contribution is 0.0702. The number of rotatable bonds is 4. The van der Waals surface area contributed by atoms with Crippen molar-refractivity contribution in [2.45, 2.75) is 18.9 Å². The van der Waals surface area contributed by atoms with E-state index in [-0.39, 0.29) is 17.9 Å². The molecular weight excluding hydrogens is 324 g/mol. The fourth-order valence-electron chi connectivity index (χ4n) is 2.82. The van der Waals surface area contributed by atoms with Crippen LogP contribution in [0.25, 0.3) is 0 Å². The van der Waals surface area contributed by atoms with Crippen LogP contribution < -0.4 is 10.1 Å². The van der Waals surface area contributed by atoms with Crippen LogP contribution >= 0.6 is 11.3 Å². The number of hydrogen-bond acceptors (Lipinski definition) is 4. The lowest BCUT2D eigenvalue weighted by atomic mass is 10.0. The second kappa shape index (κ2) is 7.49. The Hall–Kier alpha value is -2.34. The van der Waals surface area contributed by atoms with E-state index in [1.165, 1.54) is 11.3 Å². The van der Waals surface area contributed by atoms with E-state index in [0.29, 0.717) is 24.4 Å². The normalized spacial score (nSPS) is 15.1. The van der Waals surface area contributed by atoms with Gasteiger partial charge in [-0.05, 0) is 42.5 Å². The van der Waals surface area contributed by atoms with Gasteiger partial charge in [-0.3, -0.25) is 9.59 Å². The fraction of sp³-hybridized carbons (Fsp3) is 0.333. The number of amides is 2. The van der Waals surface area contributed by atoms with Crippen LogP contribution in [0.1, 0.15) is 32.9 Å². The second-order valence-electron chi connectivity index (χ2n) is 5.75. The number of nitrogens with one attached hydrogen (secondary N) is 1. The van der Waals surface area contributed by atoms with E-state index < -0.39 is 0 Å². The Kier molecular flexibility index (Phi) is 5.15. The van der Waals surface area contributed by atoms with Gasteiger partial charge in [0.2, 0.25) is 0 Å². The maximum absolute atomic E-state index is 12.3. The summed E-state index contributed by atoms with van der Waals surface area (Å²) in [5, 5.41) is 4.96. The van der Waals surface area contributed by atoms with Crippen LogP contribution in [0.4, 0.5) is 0 Å². The smallest absolute Gasteiger partial charge is 0.263 e. The number of methoxy groups -OCH3 is 1. The Labute approximate surface area is 145 Å². The minimum absolute atomic E-state index is 0.0857. The third-order valence-corrected chi connectivity index (χ3v) is 5.04. The molecule has 1 saturated heterocycles. The lowest BCUT2D eigenvalue weighted by Gasteiger charge is -2.32. The van der Waals surface area contributed by atoms with E-state index in [4.69, 9.17) is 4.74 Å². The second-order valence-corrected chi connectivity index (χ2v) is 6.70. The number of carbonyl (C=O) groups is 2. The van der Waals surface area contributed by atoms with Crippen molar-refractivity contribution in [3.05, 3.63) is 52.2 Å². The summed E-state index contributed by atoms with van der Waals surface area (Å²) in [5.74, 6) is 0.651. The van der Waals surface area contributed by atoms with E-state index in [1.54, 1.807) is 25.3 Å². The van der Waals surface area contributed by atoms with Gasteiger partial charge in [0, 0.05) is 24.7 Å². The van der Waals surface area contributed by atoms with Crippen molar-refractivity contribution in [1.29, 1.82) is 0 Å². The highest BCUT2D eigenvalue weighted by Crippen LogP contribution is 2.18. The van der Waals surface area contributed by atoms with Crippen LogP contribution in [0.3, 0.4) is 0 Å². The Morgan fingerprint density at radius 2 is 2.00 bits per heavy atom. The standard InChI is InChI=1S/C18H20N2O3S/c1-23-15-5-2-4-13(12-15)17(21)19-14-7-9-20(10-8-14)18(22)16-6-3-11-24-16/h2-6,11-12,14H,7-10H2,1H3,(H,19,21). The molecule has 0 atom stereocenters. The van der Waals surface area contributed by atoms with Crippen molar-refractivity contribution in [3.63, 3.8) is 0 Å². The summed E-state index contributed by atoms with van der Waals surface area (Å²) in [6, 6.07) is 10.9. The molecule has 2 aromatic rings. The van der Waals surface area contributed by atoms with E-state index in [2.05, 4.69) is 5.32 Å². The van der Waals surface area contributed by atoms with Gasteiger partial charge in [0.05, 0.1) is 12.0 Å². The molecule has 1 aliphatic rings. The average Bonchev–Trinajstić information content (AvgIpc) is 3.16. The molecule has 126 valence electrons. The van der Waals surface area contributed by atoms with Crippen molar-refractivity contribution < 1.29 is 14.3 Å². The molecule has 0 spiro atoms. The number of hydrogen-bond donors (Lipinski definition) is 1. The highest BCUT2D eigenvalue weighted by atomic mass is 32.1. The molecule has 0 unspecified atom stereocenters. The first-order chi connectivity index (χ1) is 11.7. The molecule has 1 fully saturated rings. The van der Waals surface area contributed by atoms with Gasteiger partial charge in [-0.25, -0.2) is 0 Å². The molecule has 0 saturated carbocycles. The first-order valence-corrected chi connectivity index (χ1v) is 8.83. The molecule has 0 bridgehead atoms. The Morgan fingerprint density at radius 3 is 2.67 bits per heavy atom. The van der Waals surface area contributed by atoms with E-state index in [0.717, 1.165) is 17.7 Å². The Morgan fingerprint density at radius 1 is 1.21 bits per heavy atom. The quantitative estimate of drug-likeness (QED) is 0.928. The van der Waals surface area contributed by atoms with Crippen molar-refractivity contribution >= 4 is 23.2 Å². The van der Waals surface area contributed by atoms with Crippen molar-refractivity contribution in [3.8, 4) is 5.75 Å². The van der Waals surface area contributed by atoms with Gasteiger partial charge in [-0.15, -0.1) is 11.3 Å². The predicted octanol–water partition coefficient (Wildman–Crippen LogP) is 2.79. The third-order valence-electron chi connectivity index (χ3n) is 4.18. The fourth-order valence-corrected chi connectivity index (χ4v) is 3.51. The molecule has 5 nitrogen and oxygen atoms in total. The maximum atomic E-state index is 12.3. The van der Waals surface area contributed by atoms with Crippen molar-refractivity contribution in [1.82, 2.24) is 10.2 Å². The largest absolute Gasteiger partial charge is 0.497 e. The van der Waals surface area contributed by atoms with Gasteiger partial charge in [0.1, 0.15) is 5.75 Å². The first kappa shape index (κ1) is 16.5. The molecular formula is C18H20N2O3S. The maximum Gasteiger partial charge on any atom is 0.263 e. The summed E-state index contributed by atoms with van der Waals surface area (Å²) in [5.41, 5.74) is 0.589. The molecule has 1 aliphatic heterocycles. The lowest BCUT2D eigenvalue weighted by Crippen LogP contribution is -2.46. The summed E-state index contributed by atoms with van der Waals surface area (Å²) in [4.78, 5) is 27.3. The topological polar surface area (TPSA) is 58.6 Å². The van der Waals surface area contributed by atoms with Gasteiger partial charge in [-0.1, -0.05) is 12.1 Å². The summed E-state index contributed by atoms with van der Waals surface area (Å²) >= 11 is 1.46. The molecule has 3 rings (SSSR count). The number of ether oxygens (including phenoxy) is 1. The molecule has 6 heteroatoms. The SMILES string of the molecule is COc1cccc(C(=O)NC2CCN(C(=O)c3cccs3)CC2)c1. The zero-order valence-electron chi connectivity index (χ0n) is 13.5. The number of nitrogens with zero attached hydrogens (tertiary/aromatic N) is 1. The predicted molar refractivity (Wildman–Crippen MR) is 93.7 cm³/mol. The summed E-state index contributed by atoms with van der Waals surface area (Å²) in [6.45, 7) is 1.33. The van der Waals surface area contributed by atoms with Crippen LogP contribution in [0.5, 0.6) is 5.75 Å². The van der Waals surface area contributed by atoms with Gasteiger partial charge < -0.3 is 15.0 Å². The van der Waals surface area contributed by atoms with Crippen LogP contribution in [0.15, 0.2) is 41.8 Å². The molecule has 2 amide bonds. The third kappa shape index (κ3) is 3.76. The molecule has 0 aliphatic carbocycles. The summed E-state index contributed by atoms with van der Waals surface area (Å²) in [6.07, 6.45) is 1.54. The number of carbonyl (C=O) groups excluding carboxylic acids is 2. The van der Waals surface area contributed by atoms with Crippen molar-refractivity contribution in [2.24, 2.45) is 0 Å². The molecule has 1 aromatic carbocycles. The van der Waals surface area contributed by atoms with Crippen LogP contribution in [0.2, 0.25) is 0 Å². The highest BCUT2D eigenvalue weighted by Gasteiger charge is 2.25. The zero-order valence-corrected chi connectivity index (χ0v) is 14.3. The summed E-state index contributed by atoms with van der Waals surface area (Å²) in [7, 11) is 1.58. The first-order valence-electron chi connectivity index (χ1n) is 7.95. The van der Waals surface area contributed by atoms with Crippen LogP contribution in [0, 0.1) is 0 Å². The van der Waals surface area contributed by atoms with Gasteiger partial charge in [-0.2, -0.15) is 0 Å². The van der Waals surface area contributed by atoms with E-state index in [1.807, 2.05) is 28.5 Å². The Balaban J connectivity index is 1.53. The monoisotopic (exact) mass is 344 g/mol. The zero-order chi connectivity index (χ0) is 16.9. The summed E-state index contributed by atoms with van der Waals surface area (Å²) < 4.78 is 5.15. The van der Waals surface area contributed by atoms with Crippen LogP contribution in [-0.2, 0) is 0 Å². The molecule has 1 N–H and O–H groups in total. The minimum atomic E-state index is -0.100.